The summed E-state index contributed by atoms with van der Waals surface area (Å²) in [7, 11) is 0. The molecule has 0 saturated carbocycles. The number of esters is 1. The summed E-state index contributed by atoms with van der Waals surface area (Å²) in [5.41, 5.74) is 6.23. The Morgan fingerprint density at radius 3 is 2.55 bits per heavy atom. The standard InChI is InChI=1S/C17H26N4O8/c18-11-7-8-21(17(26)19-11)16-15(25)14(24)10(29-16)9-28-13(23)6-4-2-1-3-5-12(22)20-27/h7-8,10,14-16,24-25,27H,1-6,9H2,(H,20,22)(H2,18,19,26)/t10-,14-,15+,16-/m1/s1. The maximum atomic E-state index is 11.9. The van der Waals surface area contributed by atoms with Crippen molar-refractivity contribution in [3.63, 3.8) is 0 Å². The van der Waals surface area contributed by atoms with Crippen molar-refractivity contribution in [1.82, 2.24) is 15.0 Å². The number of nitrogen functional groups attached to an aromatic ring is 1. The Morgan fingerprint density at radius 2 is 1.90 bits per heavy atom. The minimum atomic E-state index is -1.40. The summed E-state index contributed by atoms with van der Waals surface area (Å²) in [6.07, 6.45) is -0.667. The maximum Gasteiger partial charge on any atom is 0.351 e. The normalized spacial score (nSPS) is 23.7. The van der Waals surface area contributed by atoms with Gasteiger partial charge in [-0.15, -0.1) is 0 Å². The molecule has 0 bridgehead atoms. The molecular formula is C17H26N4O8. The fourth-order valence-corrected chi connectivity index (χ4v) is 2.93. The summed E-state index contributed by atoms with van der Waals surface area (Å²) < 4.78 is 11.6. The van der Waals surface area contributed by atoms with Crippen molar-refractivity contribution in [3.8, 4) is 0 Å². The van der Waals surface area contributed by atoms with Crippen LogP contribution in [0.2, 0.25) is 0 Å². The number of aliphatic hydroxyl groups is 2. The second kappa shape index (κ2) is 10.9. The number of hydroxylamine groups is 1. The Kier molecular flexibility index (Phi) is 8.51. The molecule has 12 heteroatoms. The van der Waals surface area contributed by atoms with Crippen LogP contribution in [0.3, 0.4) is 0 Å². The van der Waals surface area contributed by atoms with Gasteiger partial charge in [0.25, 0.3) is 0 Å². The van der Waals surface area contributed by atoms with Gasteiger partial charge in [-0.3, -0.25) is 19.4 Å². The summed E-state index contributed by atoms with van der Waals surface area (Å²) in [5.74, 6) is -0.920. The lowest BCUT2D eigenvalue weighted by atomic mass is 10.1. The van der Waals surface area contributed by atoms with Crippen LogP contribution < -0.4 is 16.9 Å². The van der Waals surface area contributed by atoms with Crippen LogP contribution in [-0.4, -0.2) is 61.8 Å². The number of aromatic nitrogens is 2. The largest absolute Gasteiger partial charge is 0.463 e. The van der Waals surface area contributed by atoms with Crippen molar-refractivity contribution in [1.29, 1.82) is 0 Å². The lowest BCUT2D eigenvalue weighted by Gasteiger charge is -2.16. The van der Waals surface area contributed by atoms with Crippen LogP contribution in [0.25, 0.3) is 0 Å². The summed E-state index contributed by atoms with van der Waals surface area (Å²) >= 11 is 0. The van der Waals surface area contributed by atoms with E-state index in [4.69, 9.17) is 20.4 Å². The van der Waals surface area contributed by atoms with Crippen molar-refractivity contribution in [2.24, 2.45) is 0 Å². The van der Waals surface area contributed by atoms with Crippen molar-refractivity contribution in [3.05, 3.63) is 22.7 Å². The first-order valence-electron chi connectivity index (χ1n) is 9.28. The number of nitrogens with two attached hydrogens (primary N) is 1. The molecule has 0 unspecified atom stereocenters. The van der Waals surface area contributed by atoms with Crippen LogP contribution in [0.15, 0.2) is 17.1 Å². The quantitative estimate of drug-likeness (QED) is 0.135. The number of nitrogens with zero attached hydrogens (tertiary/aromatic N) is 2. The zero-order valence-electron chi connectivity index (χ0n) is 15.8. The zero-order valence-corrected chi connectivity index (χ0v) is 15.8. The number of anilines is 1. The highest BCUT2D eigenvalue weighted by Gasteiger charge is 2.44. The van der Waals surface area contributed by atoms with Crippen LogP contribution in [0, 0.1) is 0 Å². The van der Waals surface area contributed by atoms with Crippen LogP contribution in [0.4, 0.5) is 5.82 Å². The third kappa shape index (κ3) is 6.49. The number of aliphatic hydroxyl groups excluding tert-OH is 2. The molecule has 1 aromatic rings. The highest BCUT2D eigenvalue weighted by atomic mass is 16.6. The Hall–Kier alpha value is -2.54. The molecule has 4 atom stereocenters. The van der Waals surface area contributed by atoms with Gasteiger partial charge in [-0.2, -0.15) is 4.98 Å². The molecule has 29 heavy (non-hydrogen) atoms. The van der Waals surface area contributed by atoms with E-state index >= 15 is 0 Å². The fourth-order valence-electron chi connectivity index (χ4n) is 2.93. The van der Waals surface area contributed by atoms with Crippen LogP contribution in [0.5, 0.6) is 0 Å². The van der Waals surface area contributed by atoms with Gasteiger partial charge in [0.2, 0.25) is 5.91 Å². The third-order valence-electron chi connectivity index (χ3n) is 4.53. The monoisotopic (exact) mass is 414 g/mol. The van der Waals surface area contributed by atoms with E-state index in [1.807, 2.05) is 0 Å². The third-order valence-corrected chi connectivity index (χ3v) is 4.53. The lowest BCUT2D eigenvalue weighted by molar-refractivity contribution is -0.150. The molecule has 0 spiro atoms. The van der Waals surface area contributed by atoms with E-state index in [0.29, 0.717) is 19.3 Å². The first kappa shape index (κ1) is 22.7. The van der Waals surface area contributed by atoms with E-state index in [9.17, 15) is 24.6 Å². The van der Waals surface area contributed by atoms with Crippen molar-refractivity contribution in [2.45, 2.75) is 63.1 Å². The molecule has 2 heterocycles. The van der Waals surface area contributed by atoms with E-state index in [-0.39, 0.29) is 25.3 Å². The molecule has 0 aliphatic carbocycles. The SMILES string of the molecule is Nc1ccn([C@@H]2O[C@H](COC(=O)CCCCCCC(=O)NO)[C@@H](O)[C@@H]2O)c(=O)n1. The molecule has 12 nitrogen and oxygen atoms in total. The molecule has 0 radical (unpaired) electrons. The van der Waals surface area contributed by atoms with Crippen LogP contribution in [-0.2, 0) is 19.1 Å². The Bertz CT molecular complexity index is 755. The number of nitrogens with one attached hydrogen (secondary N) is 1. The predicted molar refractivity (Wildman–Crippen MR) is 97.4 cm³/mol. The van der Waals surface area contributed by atoms with E-state index < -0.39 is 42.1 Å². The lowest BCUT2D eigenvalue weighted by Crippen LogP contribution is -2.36. The van der Waals surface area contributed by atoms with Crippen LogP contribution in [0.1, 0.15) is 44.8 Å². The Labute approximate surface area is 166 Å². The molecule has 1 amide bonds. The molecule has 1 fully saturated rings. The minimum Gasteiger partial charge on any atom is -0.463 e. The average molecular weight is 414 g/mol. The highest BCUT2D eigenvalue weighted by molar-refractivity contribution is 5.74. The fraction of sp³-hybridized carbons (Fsp3) is 0.647. The molecule has 2 rings (SSSR count). The number of carbonyl (C=O) groups excluding carboxylic acids is 2. The summed E-state index contributed by atoms with van der Waals surface area (Å²) in [6, 6.07) is 1.35. The van der Waals surface area contributed by atoms with E-state index in [1.54, 1.807) is 5.48 Å². The van der Waals surface area contributed by atoms with Gasteiger partial charge < -0.3 is 25.4 Å². The van der Waals surface area contributed by atoms with Gasteiger partial charge in [-0.25, -0.2) is 10.3 Å². The molecule has 0 aromatic carbocycles. The van der Waals surface area contributed by atoms with Crippen molar-refractivity contribution < 1.29 is 34.5 Å². The topological polar surface area (TPSA) is 186 Å². The first-order valence-corrected chi connectivity index (χ1v) is 9.28. The maximum absolute atomic E-state index is 11.9. The van der Waals surface area contributed by atoms with Crippen molar-refractivity contribution >= 4 is 17.7 Å². The first-order chi connectivity index (χ1) is 13.8. The summed E-state index contributed by atoms with van der Waals surface area (Å²) in [4.78, 5) is 38.1. The van der Waals surface area contributed by atoms with Crippen molar-refractivity contribution in [2.75, 3.05) is 12.3 Å². The van der Waals surface area contributed by atoms with Gasteiger partial charge >= 0.3 is 11.7 Å². The molecule has 1 aliphatic rings. The average Bonchev–Trinajstić information content (AvgIpc) is 2.97. The molecule has 1 saturated heterocycles. The predicted octanol–water partition coefficient (Wildman–Crippen LogP) is -1.17. The molecule has 6 N–H and O–H groups in total. The second-order valence-electron chi connectivity index (χ2n) is 6.72. The van der Waals surface area contributed by atoms with E-state index in [0.717, 1.165) is 11.0 Å². The Balaban J connectivity index is 1.73. The van der Waals surface area contributed by atoms with Gasteiger partial charge in [0, 0.05) is 19.0 Å². The summed E-state index contributed by atoms with van der Waals surface area (Å²) in [6.45, 7) is -0.276. The highest BCUT2D eigenvalue weighted by Crippen LogP contribution is 2.28. The van der Waals surface area contributed by atoms with Gasteiger partial charge in [0.05, 0.1) is 0 Å². The second-order valence-corrected chi connectivity index (χ2v) is 6.72. The number of hydrogen-bond donors (Lipinski definition) is 5. The summed E-state index contributed by atoms with van der Waals surface area (Å²) in [5, 5.41) is 28.6. The van der Waals surface area contributed by atoms with Crippen LogP contribution >= 0.6 is 0 Å². The van der Waals surface area contributed by atoms with E-state index in [1.165, 1.54) is 12.3 Å². The number of amides is 1. The number of carbonyl (C=O) groups is 2. The molecule has 1 aromatic heterocycles. The van der Waals surface area contributed by atoms with Gasteiger partial charge in [-0.1, -0.05) is 12.8 Å². The van der Waals surface area contributed by atoms with Gasteiger partial charge in [-0.05, 0) is 18.9 Å². The Morgan fingerprint density at radius 1 is 1.21 bits per heavy atom. The number of unbranched alkanes of at least 4 members (excludes halogenated alkanes) is 3. The minimum absolute atomic E-state index is 0.0152. The molecular weight excluding hydrogens is 388 g/mol. The van der Waals surface area contributed by atoms with Gasteiger partial charge in [0.15, 0.2) is 6.23 Å². The van der Waals surface area contributed by atoms with E-state index in [2.05, 4.69) is 4.98 Å². The number of rotatable bonds is 10. The number of ether oxygens (including phenoxy) is 2. The smallest absolute Gasteiger partial charge is 0.351 e. The number of hydrogen-bond acceptors (Lipinski definition) is 10. The van der Waals surface area contributed by atoms with Gasteiger partial charge in [0.1, 0.15) is 30.7 Å². The molecule has 162 valence electrons. The zero-order chi connectivity index (χ0) is 21.4. The molecule has 1 aliphatic heterocycles.